The van der Waals surface area contributed by atoms with Gasteiger partial charge in [-0.15, -0.1) is 11.8 Å². The van der Waals surface area contributed by atoms with Gasteiger partial charge in [0.15, 0.2) is 0 Å². The molecule has 2 aliphatic heterocycles. The van der Waals surface area contributed by atoms with Crippen molar-refractivity contribution in [3.05, 3.63) is 65.2 Å². The summed E-state index contributed by atoms with van der Waals surface area (Å²) in [6.07, 6.45) is 3.40. The van der Waals surface area contributed by atoms with Crippen LogP contribution in [0.4, 0.5) is 5.69 Å². The number of unbranched alkanes of at least 4 members (excludes halogenated alkanes) is 3. The lowest BCUT2D eigenvalue weighted by Crippen LogP contribution is -2.38. The number of nitrogens with two attached hydrogens (primary N) is 2. The molecule has 2 aliphatic rings. The molecule has 1 fully saturated rings. The summed E-state index contributed by atoms with van der Waals surface area (Å²) in [5, 5.41) is 2.28. The number of nitrogens with zero attached hydrogens (tertiary/aromatic N) is 3. The van der Waals surface area contributed by atoms with Crippen LogP contribution in [0.2, 0.25) is 0 Å². The van der Waals surface area contributed by atoms with Crippen LogP contribution in [0.3, 0.4) is 0 Å². The minimum atomic E-state index is -2.31. The molecule has 0 aromatic heterocycles. The number of rotatable bonds is 16. The molecule has 47 heavy (non-hydrogen) atoms. The molecule has 4 amide bonds. The van der Waals surface area contributed by atoms with E-state index in [9.17, 15) is 19.2 Å². The number of likely N-dealkylation sites (tertiary alicyclic amines) is 1. The molecule has 2 aromatic rings. The highest BCUT2D eigenvalue weighted by atomic mass is 32.2. The van der Waals surface area contributed by atoms with Crippen LogP contribution >= 0.6 is 20.4 Å². The summed E-state index contributed by atoms with van der Waals surface area (Å²) in [7, 11) is 3.66. The zero-order valence-corrected chi connectivity index (χ0v) is 27.8. The number of fused-ring (bicyclic) bond motifs is 2. The van der Waals surface area contributed by atoms with Crippen LogP contribution in [0.15, 0.2) is 48.5 Å². The second-order valence-corrected chi connectivity index (χ2v) is 13.2. The first-order chi connectivity index (χ1) is 22.6. The fourth-order valence-corrected chi connectivity index (χ4v) is 7.03. The first-order valence-electron chi connectivity index (χ1n) is 15.4. The third-order valence-corrected chi connectivity index (χ3v) is 9.60. The Kier molecular flexibility index (Phi) is 13.6. The summed E-state index contributed by atoms with van der Waals surface area (Å²) in [6.45, 7) is 0.576. The lowest BCUT2D eigenvalue weighted by molar-refractivity contribution is -0.138. The Hall–Kier alpha value is -3.46. The highest BCUT2D eigenvalue weighted by Crippen LogP contribution is 2.36. The van der Waals surface area contributed by atoms with Gasteiger partial charge in [-0.25, -0.2) is 0 Å². The minimum Gasteiger partial charge on any atom is -0.396 e. The fourth-order valence-electron chi connectivity index (χ4n) is 5.55. The number of hydrogen-bond acceptors (Lipinski definition) is 11. The van der Waals surface area contributed by atoms with Gasteiger partial charge in [0.2, 0.25) is 23.6 Å². The van der Waals surface area contributed by atoms with Gasteiger partial charge in [0.25, 0.3) is 7.98 Å². The van der Waals surface area contributed by atoms with Crippen molar-refractivity contribution in [2.24, 2.45) is 11.6 Å². The number of amides is 4. The minimum absolute atomic E-state index is 0.0100. The van der Waals surface area contributed by atoms with E-state index in [1.165, 1.54) is 11.8 Å². The molecule has 0 spiro atoms. The molecule has 250 valence electrons. The highest BCUT2D eigenvalue weighted by Gasteiger charge is 2.38. The monoisotopic (exact) mass is 682 g/mol. The molecule has 2 aromatic carbocycles. The van der Waals surface area contributed by atoms with E-state index < -0.39 is 13.9 Å². The van der Waals surface area contributed by atoms with E-state index in [1.54, 1.807) is 23.1 Å². The van der Waals surface area contributed by atoms with Gasteiger partial charge in [0.05, 0.1) is 35.5 Å². The van der Waals surface area contributed by atoms with Crippen molar-refractivity contribution in [2.45, 2.75) is 56.7 Å². The summed E-state index contributed by atoms with van der Waals surface area (Å²) < 4.78 is 4.73. The van der Waals surface area contributed by atoms with Gasteiger partial charge in [-0.3, -0.25) is 29.9 Å². The molecule has 1 atom stereocenters. The molecule has 7 N–H and O–H groups in total. The second kappa shape index (κ2) is 17.6. The molecule has 0 aliphatic carbocycles. The number of hydrogen-bond donors (Lipinski definition) is 5. The lowest BCUT2D eigenvalue weighted by Gasteiger charge is -2.32. The average Bonchev–Trinajstić information content (AvgIpc) is 3.30. The maximum Gasteiger partial charge on any atom is 0.327 e. The van der Waals surface area contributed by atoms with Gasteiger partial charge in [-0.1, -0.05) is 55.3 Å². The van der Waals surface area contributed by atoms with Crippen LogP contribution in [-0.2, 0) is 30.2 Å². The summed E-state index contributed by atoms with van der Waals surface area (Å²) in [5.41, 5.74) is 9.99. The molecular formula is C31H40BN6O7PS. The van der Waals surface area contributed by atoms with E-state index in [1.807, 2.05) is 30.3 Å². The normalized spacial score (nSPS) is 17.7. The summed E-state index contributed by atoms with van der Waals surface area (Å²) in [6, 6.07) is 14.6. The van der Waals surface area contributed by atoms with E-state index >= 15 is 0 Å². The van der Waals surface area contributed by atoms with Crippen LogP contribution in [0.25, 0.3) is 11.4 Å². The van der Waals surface area contributed by atoms with Crippen LogP contribution < -0.4 is 21.8 Å². The van der Waals surface area contributed by atoms with E-state index in [0.29, 0.717) is 41.2 Å². The Morgan fingerprint density at radius 2 is 1.74 bits per heavy atom. The molecule has 0 saturated carbocycles. The Labute approximate surface area is 281 Å². The number of para-hydroxylation sites is 1. The number of imide groups is 1. The average molecular weight is 683 g/mol. The van der Waals surface area contributed by atoms with Crippen LogP contribution in [0.5, 0.6) is 0 Å². The maximum atomic E-state index is 13.6. The van der Waals surface area contributed by atoms with Crippen molar-refractivity contribution in [1.82, 2.24) is 15.1 Å². The number of carbonyl (C=O) groups is 4. The number of benzene rings is 2. The first kappa shape index (κ1) is 36.4. The molecule has 2 radical (unpaired) electrons. The third-order valence-electron chi connectivity index (χ3n) is 7.89. The summed E-state index contributed by atoms with van der Waals surface area (Å²) >= 11 is 1.44. The quantitative estimate of drug-likeness (QED) is 0.0435. The van der Waals surface area contributed by atoms with Gasteiger partial charge in [-0.05, 0) is 30.2 Å². The second-order valence-electron chi connectivity index (χ2n) is 11.1. The highest BCUT2D eigenvalue weighted by molar-refractivity contribution is 8.00. The Balaban J connectivity index is 1.25. The van der Waals surface area contributed by atoms with E-state index in [-0.39, 0.29) is 62.5 Å². The van der Waals surface area contributed by atoms with E-state index in [4.69, 9.17) is 33.9 Å². The zero-order chi connectivity index (χ0) is 33.9. The number of nitrogens with one attached hydrogen (secondary N) is 1. The van der Waals surface area contributed by atoms with Crippen molar-refractivity contribution < 1.29 is 33.5 Å². The number of thioether (sulfide) groups is 1. The molecule has 16 heteroatoms. The van der Waals surface area contributed by atoms with Gasteiger partial charge in [-0.2, -0.15) is 0 Å². The first-order valence-corrected chi connectivity index (χ1v) is 17.6. The summed E-state index contributed by atoms with van der Waals surface area (Å²) in [5.74, 6) is 5.51. The molecule has 1 unspecified atom stereocenters. The predicted octanol–water partition coefficient (Wildman–Crippen LogP) is 2.12. The maximum absolute atomic E-state index is 13.6. The van der Waals surface area contributed by atoms with Crippen LogP contribution in [0.1, 0.15) is 61.6 Å². The molecule has 4 rings (SSSR count). The van der Waals surface area contributed by atoms with E-state index in [2.05, 4.69) is 5.32 Å². The Bertz CT molecular complexity index is 1480. The SMILES string of the molecule is [B]N(N)/C1=C(\N)c2ccccc2N(C(=O)CCNC(=O)CCN2C(=O)CC(SCCCCCCOP(O)O)C2=O)Cc2ccccc21. The van der Waals surface area contributed by atoms with Gasteiger partial charge in [0, 0.05) is 43.5 Å². The molecule has 13 nitrogen and oxygen atoms in total. The number of hydrazine groups is 1. The Morgan fingerprint density at radius 3 is 2.49 bits per heavy atom. The largest absolute Gasteiger partial charge is 0.396 e. The van der Waals surface area contributed by atoms with Crippen molar-refractivity contribution >= 4 is 69.1 Å². The third kappa shape index (κ3) is 9.78. The van der Waals surface area contributed by atoms with Crippen LogP contribution in [-0.4, -0.2) is 81.9 Å². The standard InChI is InChI=1S/C31H40BN6O7PS/c32-38(34)30-22-10-4-3-9-21(22)20-37(24-12-6-5-11-23(24)29(30)33)27(40)13-15-35-26(39)14-16-36-28(41)19-25(31(36)42)47-18-8-2-1-7-17-45-46(43)44/h3-6,9-12,25,43-44H,1-2,7-8,13-20,33-34H2,(H,35,39)/b30-29-. The molecule has 1 saturated heterocycles. The van der Waals surface area contributed by atoms with Crippen molar-refractivity contribution in [2.75, 3.05) is 30.3 Å². The van der Waals surface area contributed by atoms with Gasteiger partial charge < -0.3 is 35.2 Å². The molecule has 0 bridgehead atoms. The zero-order valence-electron chi connectivity index (χ0n) is 26.0. The smallest absolute Gasteiger partial charge is 0.327 e. The van der Waals surface area contributed by atoms with Crippen molar-refractivity contribution in [3.63, 3.8) is 0 Å². The predicted molar refractivity (Wildman–Crippen MR) is 182 cm³/mol. The fraction of sp³-hybridized carbons (Fsp3) is 0.419. The van der Waals surface area contributed by atoms with E-state index in [0.717, 1.165) is 40.4 Å². The summed E-state index contributed by atoms with van der Waals surface area (Å²) in [4.78, 5) is 72.7. The van der Waals surface area contributed by atoms with Crippen molar-refractivity contribution in [3.8, 4) is 0 Å². The Morgan fingerprint density at radius 1 is 1.04 bits per heavy atom. The molecular weight excluding hydrogens is 642 g/mol. The lowest BCUT2D eigenvalue weighted by atomic mass is 9.94. The van der Waals surface area contributed by atoms with Crippen LogP contribution in [0, 0.1) is 0 Å². The van der Waals surface area contributed by atoms with Gasteiger partial charge in [0.1, 0.15) is 0 Å². The number of anilines is 1. The number of carbonyl (C=O) groups excluding carboxylic acids is 4. The van der Waals surface area contributed by atoms with Gasteiger partial charge >= 0.3 is 8.60 Å². The molecule has 2 heterocycles. The topological polar surface area (TPSA) is 192 Å². The van der Waals surface area contributed by atoms with Crippen molar-refractivity contribution in [1.29, 1.82) is 0 Å².